The van der Waals surface area contributed by atoms with Crippen LogP contribution in [0.2, 0.25) is 0 Å². The molecule has 1 fully saturated rings. The minimum atomic E-state index is 0.116. The van der Waals surface area contributed by atoms with Crippen molar-refractivity contribution in [1.82, 2.24) is 10.2 Å². The number of rotatable bonds is 6. The monoisotopic (exact) mass is 322 g/mol. The predicted octanol–water partition coefficient (Wildman–Crippen LogP) is 3.50. The molecule has 3 rings (SSSR count). The Bertz CT molecular complexity index is 651. The fourth-order valence-electron chi connectivity index (χ4n) is 3.47. The lowest BCUT2D eigenvalue weighted by atomic mass is 10.0. The molecule has 3 heteroatoms. The van der Waals surface area contributed by atoms with Gasteiger partial charge in [0.2, 0.25) is 5.91 Å². The molecule has 0 radical (unpaired) electrons. The van der Waals surface area contributed by atoms with E-state index in [0.717, 1.165) is 25.2 Å². The van der Waals surface area contributed by atoms with Gasteiger partial charge >= 0.3 is 0 Å². The van der Waals surface area contributed by atoms with Crippen LogP contribution in [0.4, 0.5) is 0 Å². The van der Waals surface area contributed by atoms with Crippen LogP contribution in [0.25, 0.3) is 11.1 Å². The zero-order chi connectivity index (χ0) is 16.8. The van der Waals surface area contributed by atoms with E-state index in [1.807, 2.05) is 18.2 Å². The number of benzene rings is 2. The molecular formula is C21H26N2O. The zero-order valence-electron chi connectivity index (χ0n) is 14.4. The van der Waals surface area contributed by atoms with Crippen molar-refractivity contribution in [3.63, 3.8) is 0 Å². The van der Waals surface area contributed by atoms with Crippen molar-refractivity contribution in [1.29, 1.82) is 0 Å². The van der Waals surface area contributed by atoms with Crippen molar-refractivity contribution < 1.29 is 4.79 Å². The minimum absolute atomic E-state index is 0.116. The Morgan fingerprint density at radius 2 is 1.79 bits per heavy atom. The molecule has 3 nitrogen and oxygen atoms in total. The molecule has 24 heavy (non-hydrogen) atoms. The smallest absolute Gasteiger partial charge is 0.224 e. The molecule has 1 aliphatic rings. The van der Waals surface area contributed by atoms with Crippen molar-refractivity contribution in [3.05, 3.63) is 60.2 Å². The fraction of sp³-hybridized carbons (Fsp3) is 0.381. The van der Waals surface area contributed by atoms with Gasteiger partial charge < -0.3 is 5.32 Å². The lowest BCUT2D eigenvalue weighted by Crippen LogP contribution is -2.40. The van der Waals surface area contributed by atoms with Crippen molar-refractivity contribution in [2.24, 2.45) is 0 Å². The second-order valence-electron chi connectivity index (χ2n) is 6.47. The highest BCUT2D eigenvalue weighted by atomic mass is 16.1. The third kappa shape index (κ3) is 4.24. The molecule has 0 saturated carbocycles. The summed E-state index contributed by atoms with van der Waals surface area (Å²) >= 11 is 0. The Labute approximate surface area is 144 Å². The Morgan fingerprint density at radius 1 is 1.08 bits per heavy atom. The van der Waals surface area contributed by atoms with Crippen LogP contribution in [0.5, 0.6) is 0 Å². The molecule has 1 heterocycles. The van der Waals surface area contributed by atoms with Gasteiger partial charge in [-0.25, -0.2) is 0 Å². The number of carbonyl (C=O) groups is 1. The van der Waals surface area contributed by atoms with E-state index < -0.39 is 0 Å². The maximum atomic E-state index is 12.2. The summed E-state index contributed by atoms with van der Waals surface area (Å²) in [6.07, 6.45) is 2.89. The van der Waals surface area contributed by atoms with E-state index in [4.69, 9.17) is 0 Å². The number of amides is 1. The quantitative estimate of drug-likeness (QED) is 0.883. The molecule has 1 unspecified atom stereocenters. The number of nitrogens with zero attached hydrogens (tertiary/aromatic N) is 1. The summed E-state index contributed by atoms with van der Waals surface area (Å²) in [7, 11) is 0. The zero-order valence-corrected chi connectivity index (χ0v) is 14.4. The Morgan fingerprint density at radius 3 is 2.50 bits per heavy atom. The molecule has 1 aliphatic heterocycles. The van der Waals surface area contributed by atoms with Crippen molar-refractivity contribution in [2.45, 2.75) is 32.2 Å². The molecule has 126 valence electrons. The van der Waals surface area contributed by atoms with Gasteiger partial charge in [-0.05, 0) is 42.6 Å². The van der Waals surface area contributed by atoms with Gasteiger partial charge in [0.1, 0.15) is 0 Å². The van der Waals surface area contributed by atoms with Crippen LogP contribution in [-0.2, 0) is 11.2 Å². The molecule has 1 atom stereocenters. The van der Waals surface area contributed by atoms with E-state index in [9.17, 15) is 4.79 Å². The molecule has 0 bridgehead atoms. The summed E-state index contributed by atoms with van der Waals surface area (Å²) in [5.74, 6) is 0.116. The first kappa shape index (κ1) is 16.7. The first-order valence-electron chi connectivity index (χ1n) is 8.91. The first-order valence-corrected chi connectivity index (χ1v) is 8.91. The van der Waals surface area contributed by atoms with Crippen LogP contribution in [0, 0.1) is 0 Å². The maximum absolute atomic E-state index is 12.2. The highest BCUT2D eigenvalue weighted by Crippen LogP contribution is 2.19. The molecule has 0 aromatic heterocycles. The highest BCUT2D eigenvalue weighted by molar-refractivity contribution is 5.78. The van der Waals surface area contributed by atoms with Gasteiger partial charge in [-0.15, -0.1) is 0 Å². The number of hydrogen-bond acceptors (Lipinski definition) is 2. The van der Waals surface area contributed by atoms with E-state index in [1.54, 1.807) is 0 Å². The number of hydrogen-bond donors (Lipinski definition) is 1. The third-order valence-corrected chi connectivity index (χ3v) is 4.87. The summed E-state index contributed by atoms with van der Waals surface area (Å²) in [6.45, 7) is 5.20. The fourth-order valence-corrected chi connectivity index (χ4v) is 3.47. The summed E-state index contributed by atoms with van der Waals surface area (Å²) in [6, 6.07) is 19.1. The summed E-state index contributed by atoms with van der Waals surface area (Å²) in [4.78, 5) is 14.6. The van der Waals surface area contributed by atoms with Gasteiger partial charge in [-0.3, -0.25) is 9.69 Å². The van der Waals surface area contributed by atoms with Gasteiger partial charge in [0.15, 0.2) is 0 Å². The Kier molecular flexibility index (Phi) is 5.65. The summed E-state index contributed by atoms with van der Waals surface area (Å²) < 4.78 is 0. The topological polar surface area (TPSA) is 32.3 Å². The second-order valence-corrected chi connectivity index (χ2v) is 6.47. The lowest BCUT2D eigenvalue weighted by molar-refractivity contribution is -0.120. The number of carbonyl (C=O) groups excluding carboxylic acids is 1. The van der Waals surface area contributed by atoms with Gasteiger partial charge in [0.25, 0.3) is 0 Å². The SMILES string of the molecule is CCN1CCCC1CNC(=O)Cc1ccc(-c2ccccc2)cc1. The van der Waals surface area contributed by atoms with E-state index in [0.29, 0.717) is 12.5 Å². The largest absolute Gasteiger partial charge is 0.354 e. The van der Waals surface area contributed by atoms with Gasteiger partial charge in [0.05, 0.1) is 6.42 Å². The van der Waals surface area contributed by atoms with Crippen LogP contribution in [0.3, 0.4) is 0 Å². The van der Waals surface area contributed by atoms with Crippen molar-refractivity contribution >= 4 is 5.91 Å². The van der Waals surface area contributed by atoms with Crippen molar-refractivity contribution in [3.8, 4) is 11.1 Å². The molecule has 2 aromatic rings. The van der Waals surface area contributed by atoms with Crippen molar-refractivity contribution in [2.75, 3.05) is 19.6 Å². The van der Waals surface area contributed by atoms with Crippen LogP contribution >= 0.6 is 0 Å². The van der Waals surface area contributed by atoms with Crippen LogP contribution < -0.4 is 5.32 Å². The van der Waals surface area contributed by atoms with E-state index in [2.05, 4.69) is 53.5 Å². The minimum Gasteiger partial charge on any atom is -0.354 e. The van der Waals surface area contributed by atoms with E-state index in [-0.39, 0.29) is 5.91 Å². The van der Waals surface area contributed by atoms with Gasteiger partial charge in [-0.1, -0.05) is 61.5 Å². The van der Waals surface area contributed by atoms with E-state index >= 15 is 0 Å². The standard InChI is InChI=1S/C21H26N2O/c1-2-23-14-6-9-20(23)16-22-21(24)15-17-10-12-19(13-11-17)18-7-4-3-5-8-18/h3-5,7-8,10-13,20H,2,6,9,14-16H2,1H3,(H,22,24). The summed E-state index contributed by atoms with van der Waals surface area (Å²) in [5, 5.41) is 3.10. The Balaban J connectivity index is 1.51. The Hall–Kier alpha value is -2.13. The molecular weight excluding hydrogens is 296 g/mol. The molecule has 0 spiro atoms. The normalized spacial score (nSPS) is 17.8. The first-order chi connectivity index (χ1) is 11.8. The maximum Gasteiger partial charge on any atom is 0.224 e. The van der Waals surface area contributed by atoms with Gasteiger partial charge in [0, 0.05) is 12.6 Å². The van der Waals surface area contributed by atoms with Crippen LogP contribution in [-0.4, -0.2) is 36.5 Å². The summed E-state index contributed by atoms with van der Waals surface area (Å²) in [5.41, 5.74) is 3.45. The lowest BCUT2D eigenvalue weighted by Gasteiger charge is -2.22. The number of likely N-dealkylation sites (tertiary alicyclic amines) is 1. The van der Waals surface area contributed by atoms with E-state index in [1.165, 1.54) is 24.0 Å². The van der Waals surface area contributed by atoms with Crippen LogP contribution in [0.1, 0.15) is 25.3 Å². The molecule has 1 saturated heterocycles. The second kappa shape index (κ2) is 8.11. The third-order valence-electron chi connectivity index (χ3n) is 4.87. The molecule has 1 amide bonds. The number of likely N-dealkylation sites (N-methyl/N-ethyl adjacent to an activating group) is 1. The average molecular weight is 322 g/mol. The van der Waals surface area contributed by atoms with Gasteiger partial charge in [-0.2, -0.15) is 0 Å². The predicted molar refractivity (Wildman–Crippen MR) is 98.9 cm³/mol. The number of nitrogens with one attached hydrogen (secondary N) is 1. The molecule has 1 N–H and O–H groups in total. The molecule has 2 aromatic carbocycles. The molecule has 0 aliphatic carbocycles. The average Bonchev–Trinajstić information content (AvgIpc) is 3.09. The highest BCUT2D eigenvalue weighted by Gasteiger charge is 2.22. The van der Waals surface area contributed by atoms with Crippen LogP contribution in [0.15, 0.2) is 54.6 Å².